The van der Waals surface area contributed by atoms with Crippen LogP contribution >= 0.6 is 11.6 Å². The van der Waals surface area contributed by atoms with Gasteiger partial charge in [-0.2, -0.15) is 17.5 Å². The number of nitrogens with one attached hydrogen (secondary N) is 1. The summed E-state index contributed by atoms with van der Waals surface area (Å²) in [5.74, 6) is -0.459. The molecule has 2 aliphatic rings. The lowest BCUT2D eigenvalue weighted by Gasteiger charge is -2.31. The van der Waals surface area contributed by atoms with E-state index in [2.05, 4.69) is 5.32 Å². The number of carbonyl (C=O) groups excluding carboxylic acids is 1. The summed E-state index contributed by atoms with van der Waals surface area (Å²) in [4.78, 5) is 12.3. The standard InChI is InChI=1S/C22H22ClF3N2O3S/c23-19-7-6-16(13-18(19)22(24,25)26)32(30,31)28-11-9-15(10-12-28)21(29)27-20-8-5-14-3-1-2-4-17(14)20/h1-4,6-7,13,15,20H,5,8-12H2,(H,27,29). The van der Waals surface area contributed by atoms with Crippen molar-refractivity contribution in [2.45, 2.75) is 42.8 Å². The van der Waals surface area contributed by atoms with Crippen LogP contribution in [0.15, 0.2) is 47.4 Å². The van der Waals surface area contributed by atoms with E-state index in [-0.39, 0.29) is 31.0 Å². The Labute approximate surface area is 189 Å². The fourth-order valence-electron chi connectivity index (χ4n) is 4.39. The van der Waals surface area contributed by atoms with E-state index in [1.807, 2.05) is 24.3 Å². The predicted octanol–water partition coefficient (Wildman–Crippen LogP) is 4.56. The second kappa shape index (κ2) is 8.68. The molecule has 1 aliphatic heterocycles. The van der Waals surface area contributed by atoms with Gasteiger partial charge in [-0.1, -0.05) is 35.9 Å². The van der Waals surface area contributed by atoms with Gasteiger partial charge in [0.2, 0.25) is 15.9 Å². The molecule has 32 heavy (non-hydrogen) atoms. The summed E-state index contributed by atoms with van der Waals surface area (Å²) in [5, 5.41) is 2.52. The van der Waals surface area contributed by atoms with Gasteiger partial charge in [0.15, 0.2) is 0 Å². The molecular weight excluding hydrogens is 465 g/mol. The van der Waals surface area contributed by atoms with Gasteiger partial charge in [0.05, 0.1) is 21.5 Å². The Balaban J connectivity index is 1.41. The number of hydrogen-bond acceptors (Lipinski definition) is 3. The Morgan fingerprint density at radius 1 is 1.06 bits per heavy atom. The van der Waals surface area contributed by atoms with E-state index in [0.29, 0.717) is 18.9 Å². The van der Waals surface area contributed by atoms with Gasteiger partial charge in [-0.15, -0.1) is 0 Å². The highest BCUT2D eigenvalue weighted by Crippen LogP contribution is 2.37. The van der Waals surface area contributed by atoms with Gasteiger partial charge in [0.1, 0.15) is 0 Å². The normalized spacial score (nSPS) is 20.2. The van der Waals surface area contributed by atoms with E-state index in [4.69, 9.17) is 11.6 Å². The Morgan fingerprint density at radius 2 is 1.75 bits per heavy atom. The number of fused-ring (bicyclic) bond motifs is 1. The average Bonchev–Trinajstić information content (AvgIpc) is 3.16. The van der Waals surface area contributed by atoms with E-state index in [1.54, 1.807) is 0 Å². The molecule has 172 valence electrons. The summed E-state index contributed by atoms with van der Waals surface area (Å²) in [6.07, 6.45) is -2.42. The van der Waals surface area contributed by atoms with Gasteiger partial charge in [-0.3, -0.25) is 4.79 Å². The molecule has 1 fully saturated rings. The highest BCUT2D eigenvalue weighted by molar-refractivity contribution is 7.89. The highest BCUT2D eigenvalue weighted by atomic mass is 35.5. The van der Waals surface area contributed by atoms with Crippen molar-refractivity contribution in [1.82, 2.24) is 9.62 Å². The summed E-state index contributed by atoms with van der Waals surface area (Å²) in [7, 11) is -4.13. The van der Waals surface area contributed by atoms with E-state index < -0.39 is 31.7 Å². The van der Waals surface area contributed by atoms with E-state index in [0.717, 1.165) is 34.8 Å². The minimum Gasteiger partial charge on any atom is -0.349 e. The molecule has 1 atom stereocenters. The summed E-state index contributed by atoms with van der Waals surface area (Å²) >= 11 is 5.60. The van der Waals surface area contributed by atoms with E-state index in [1.165, 1.54) is 5.56 Å². The first-order valence-corrected chi connectivity index (χ1v) is 12.1. The molecule has 1 unspecified atom stereocenters. The maximum Gasteiger partial charge on any atom is 0.417 e. The van der Waals surface area contributed by atoms with Gasteiger partial charge in [0.25, 0.3) is 0 Å². The minimum absolute atomic E-state index is 0.0460. The second-order valence-electron chi connectivity index (χ2n) is 8.12. The second-order valence-corrected chi connectivity index (χ2v) is 10.5. The van der Waals surface area contributed by atoms with Gasteiger partial charge in [-0.25, -0.2) is 8.42 Å². The molecule has 2 aromatic carbocycles. The van der Waals surface area contributed by atoms with E-state index in [9.17, 15) is 26.4 Å². The Morgan fingerprint density at radius 3 is 2.44 bits per heavy atom. The van der Waals surface area contributed by atoms with E-state index >= 15 is 0 Å². The Bertz CT molecular complexity index is 1130. The predicted molar refractivity (Wildman–Crippen MR) is 114 cm³/mol. The fourth-order valence-corrected chi connectivity index (χ4v) is 6.11. The molecular formula is C22H22ClF3N2O3S. The first-order chi connectivity index (χ1) is 15.1. The molecule has 0 radical (unpaired) electrons. The van der Waals surface area contributed by atoms with Crippen LogP contribution in [0.25, 0.3) is 0 Å². The molecule has 0 saturated carbocycles. The highest BCUT2D eigenvalue weighted by Gasteiger charge is 2.37. The van der Waals surface area contributed by atoms with Crippen molar-refractivity contribution in [3.63, 3.8) is 0 Å². The smallest absolute Gasteiger partial charge is 0.349 e. The van der Waals surface area contributed by atoms with Crippen molar-refractivity contribution in [2.75, 3.05) is 13.1 Å². The molecule has 2 aromatic rings. The molecule has 10 heteroatoms. The molecule has 0 spiro atoms. The molecule has 4 rings (SSSR count). The number of amides is 1. The SMILES string of the molecule is O=C(NC1CCc2ccccc21)C1CCN(S(=O)(=O)c2ccc(Cl)c(C(F)(F)F)c2)CC1. The number of carbonyl (C=O) groups is 1. The molecule has 1 amide bonds. The van der Waals surface area contributed by atoms with Crippen LogP contribution in [0.4, 0.5) is 13.2 Å². The molecule has 1 aliphatic carbocycles. The number of alkyl halides is 3. The lowest BCUT2D eigenvalue weighted by atomic mass is 9.96. The number of benzene rings is 2. The minimum atomic E-state index is -4.76. The van der Waals surface area contributed by atoms with Crippen LogP contribution in [0, 0.1) is 5.92 Å². The van der Waals surface area contributed by atoms with Crippen molar-refractivity contribution >= 4 is 27.5 Å². The van der Waals surface area contributed by atoms with Crippen molar-refractivity contribution < 1.29 is 26.4 Å². The van der Waals surface area contributed by atoms with Crippen LogP contribution in [-0.2, 0) is 27.4 Å². The van der Waals surface area contributed by atoms with Crippen molar-refractivity contribution in [3.05, 3.63) is 64.2 Å². The number of hydrogen-bond donors (Lipinski definition) is 1. The molecule has 1 N–H and O–H groups in total. The lowest BCUT2D eigenvalue weighted by Crippen LogP contribution is -2.43. The average molecular weight is 487 g/mol. The van der Waals surface area contributed by atoms with Crippen molar-refractivity contribution in [1.29, 1.82) is 0 Å². The van der Waals surface area contributed by atoms with Gasteiger partial charge >= 0.3 is 6.18 Å². The largest absolute Gasteiger partial charge is 0.417 e. The first-order valence-electron chi connectivity index (χ1n) is 10.3. The number of sulfonamides is 1. The van der Waals surface area contributed by atoms with Crippen LogP contribution in [0.5, 0.6) is 0 Å². The molecule has 0 aromatic heterocycles. The first kappa shape index (κ1) is 23.1. The van der Waals surface area contributed by atoms with Gasteiger partial charge in [0, 0.05) is 19.0 Å². The Hall–Kier alpha value is -2.10. The lowest BCUT2D eigenvalue weighted by molar-refractivity contribution is -0.137. The maximum atomic E-state index is 13.1. The number of rotatable bonds is 4. The number of halogens is 4. The molecule has 1 saturated heterocycles. The monoisotopic (exact) mass is 486 g/mol. The fraction of sp³-hybridized carbons (Fsp3) is 0.409. The van der Waals surface area contributed by atoms with Crippen LogP contribution in [-0.4, -0.2) is 31.7 Å². The summed E-state index contributed by atoms with van der Waals surface area (Å²) in [6, 6.07) is 10.5. The maximum absolute atomic E-state index is 13.1. The summed E-state index contributed by atoms with van der Waals surface area (Å²) < 4.78 is 66.3. The number of piperidine rings is 1. The number of aryl methyl sites for hydroxylation is 1. The van der Waals surface area contributed by atoms with Crippen LogP contribution in [0.3, 0.4) is 0 Å². The topological polar surface area (TPSA) is 66.5 Å². The van der Waals surface area contributed by atoms with Gasteiger partial charge < -0.3 is 5.32 Å². The third kappa shape index (κ3) is 4.51. The van der Waals surface area contributed by atoms with Gasteiger partial charge in [-0.05, 0) is 55.0 Å². The van der Waals surface area contributed by atoms with Crippen LogP contribution < -0.4 is 5.32 Å². The third-order valence-electron chi connectivity index (χ3n) is 6.16. The Kier molecular flexibility index (Phi) is 6.26. The zero-order valence-electron chi connectivity index (χ0n) is 17.0. The quantitative estimate of drug-likeness (QED) is 0.688. The third-order valence-corrected chi connectivity index (χ3v) is 8.38. The van der Waals surface area contributed by atoms with Crippen LogP contribution in [0.2, 0.25) is 5.02 Å². The van der Waals surface area contributed by atoms with Crippen LogP contribution in [0.1, 0.15) is 42.0 Å². The zero-order valence-corrected chi connectivity index (χ0v) is 18.6. The molecule has 0 bridgehead atoms. The zero-order chi connectivity index (χ0) is 23.1. The molecule has 1 heterocycles. The summed E-state index contributed by atoms with van der Waals surface area (Å²) in [5.41, 5.74) is 1.15. The van der Waals surface area contributed by atoms with Crippen molar-refractivity contribution in [2.24, 2.45) is 5.92 Å². The number of nitrogens with zero attached hydrogens (tertiary/aromatic N) is 1. The molecule has 5 nitrogen and oxygen atoms in total. The van der Waals surface area contributed by atoms with Crippen molar-refractivity contribution in [3.8, 4) is 0 Å². The summed E-state index contributed by atoms with van der Waals surface area (Å²) in [6.45, 7) is 0.122.